The van der Waals surface area contributed by atoms with Crippen LogP contribution >= 0.6 is 0 Å². The van der Waals surface area contributed by atoms with Gasteiger partial charge in [0.15, 0.2) is 0 Å². The molecule has 104 valence electrons. The number of hydrogen-bond donors (Lipinski definition) is 3. The number of benzene rings is 1. The first-order valence-corrected chi connectivity index (χ1v) is 6.66. The molecule has 5 heteroatoms. The highest BCUT2D eigenvalue weighted by Gasteiger charge is 2.15. The third-order valence-electron chi connectivity index (χ3n) is 3.21. The summed E-state index contributed by atoms with van der Waals surface area (Å²) in [5, 5.41) is 9.40. The number of nitrogens with one attached hydrogen (secondary N) is 3. The monoisotopic (exact) mass is 263 g/mol. The summed E-state index contributed by atoms with van der Waals surface area (Å²) in [6.45, 7) is 2.17. The molecule has 0 unspecified atom stereocenters. The second-order valence-electron chi connectivity index (χ2n) is 4.66. The molecule has 0 aliphatic carbocycles. The van der Waals surface area contributed by atoms with Crippen molar-refractivity contribution in [3.8, 4) is 5.75 Å². The predicted molar refractivity (Wildman–Crippen MR) is 75.5 cm³/mol. The Hall–Kier alpha value is -1.75. The van der Waals surface area contributed by atoms with Gasteiger partial charge in [-0.3, -0.25) is 4.79 Å². The maximum absolute atomic E-state index is 11.8. The molecule has 19 heavy (non-hydrogen) atoms. The minimum atomic E-state index is 0.0135. The van der Waals surface area contributed by atoms with Crippen molar-refractivity contribution in [2.24, 2.45) is 0 Å². The van der Waals surface area contributed by atoms with E-state index in [2.05, 4.69) is 16.0 Å². The zero-order valence-electron chi connectivity index (χ0n) is 11.2. The van der Waals surface area contributed by atoms with Crippen molar-refractivity contribution in [3.05, 3.63) is 24.3 Å². The first kappa shape index (κ1) is 13.7. The minimum absolute atomic E-state index is 0.0135. The highest BCUT2D eigenvalue weighted by molar-refractivity contribution is 5.81. The molecule has 1 heterocycles. The van der Waals surface area contributed by atoms with Crippen molar-refractivity contribution >= 4 is 11.6 Å². The fourth-order valence-electron chi connectivity index (χ4n) is 2.22. The van der Waals surface area contributed by atoms with Crippen molar-refractivity contribution in [2.75, 3.05) is 32.1 Å². The Labute approximate surface area is 113 Å². The fraction of sp³-hybridized carbons (Fsp3) is 0.500. The van der Waals surface area contributed by atoms with Gasteiger partial charge in [-0.05, 0) is 31.5 Å². The van der Waals surface area contributed by atoms with Crippen LogP contribution in [0.3, 0.4) is 0 Å². The Balaban J connectivity index is 1.79. The van der Waals surface area contributed by atoms with Crippen LogP contribution in [-0.2, 0) is 4.79 Å². The quantitative estimate of drug-likeness (QED) is 0.741. The van der Waals surface area contributed by atoms with Gasteiger partial charge in [-0.2, -0.15) is 0 Å². The van der Waals surface area contributed by atoms with E-state index < -0.39 is 0 Å². The number of carbonyl (C=O) groups excluding carboxylic acids is 1. The van der Waals surface area contributed by atoms with Crippen LogP contribution in [0.25, 0.3) is 0 Å². The molecule has 1 aromatic carbocycles. The zero-order chi connectivity index (χ0) is 13.5. The van der Waals surface area contributed by atoms with Crippen LogP contribution in [0.5, 0.6) is 5.75 Å². The minimum Gasteiger partial charge on any atom is -0.495 e. The SMILES string of the molecule is COc1ccccc1NCC(=O)N[C@H]1CCCNC1. The highest BCUT2D eigenvalue weighted by Crippen LogP contribution is 2.22. The number of para-hydroxylation sites is 2. The Morgan fingerprint density at radius 1 is 1.47 bits per heavy atom. The second-order valence-corrected chi connectivity index (χ2v) is 4.66. The lowest BCUT2D eigenvalue weighted by Crippen LogP contribution is -2.47. The van der Waals surface area contributed by atoms with Crippen LogP contribution in [0.15, 0.2) is 24.3 Å². The molecular formula is C14H21N3O2. The number of anilines is 1. The summed E-state index contributed by atoms with van der Waals surface area (Å²) >= 11 is 0. The molecular weight excluding hydrogens is 242 g/mol. The summed E-state index contributed by atoms with van der Waals surface area (Å²) in [6, 6.07) is 7.83. The van der Waals surface area contributed by atoms with E-state index in [1.54, 1.807) is 7.11 Å². The number of piperidine rings is 1. The average molecular weight is 263 g/mol. The van der Waals surface area contributed by atoms with Crippen molar-refractivity contribution < 1.29 is 9.53 Å². The Morgan fingerprint density at radius 2 is 2.32 bits per heavy atom. The molecule has 3 N–H and O–H groups in total. The van der Waals surface area contributed by atoms with Gasteiger partial charge in [-0.1, -0.05) is 12.1 Å². The van der Waals surface area contributed by atoms with Gasteiger partial charge in [0.2, 0.25) is 5.91 Å². The van der Waals surface area contributed by atoms with Crippen LogP contribution in [-0.4, -0.2) is 38.7 Å². The number of rotatable bonds is 5. The lowest BCUT2D eigenvalue weighted by molar-refractivity contribution is -0.120. The number of amides is 1. The molecule has 0 radical (unpaired) electrons. The molecule has 0 saturated carbocycles. The fourth-order valence-corrected chi connectivity index (χ4v) is 2.22. The zero-order valence-corrected chi connectivity index (χ0v) is 11.2. The van der Waals surface area contributed by atoms with E-state index in [9.17, 15) is 4.79 Å². The van der Waals surface area contributed by atoms with Crippen molar-refractivity contribution in [3.63, 3.8) is 0 Å². The Kier molecular flexibility index (Phi) is 5.03. The van der Waals surface area contributed by atoms with Gasteiger partial charge < -0.3 is 20.7 Å². The standard InChI is InChI=1S/C14H21N3O2/c1-19-13-7-3-2-6-12(13)16-10-14(18)17-11-5-4-8-15-9-11/h2-3,6-7,11,15-16H,4-5,8-10H2,1H3,(H,17,18)/t11-/m0/s1. The number of carbonyl (C=O) groups is 1. The Morgan fingerprint density at radius 3 is 3.05 bits per heavy atom. The molecule has 1 aliphatic heterocycles. The molecule has 1 fully saturated rings. The van der Waals surface area contributed by atoms with E-state index in [-0.39, 0.29) is 18.5 Å². The first-order chi connectivity index (χ1) is 9.29. The summed E-state index contributed by atoms with van der Waals surface area (Å²) < 4.78 is 5.22. The van der Waals surface area contributed by atoms with Gasteiger partial charge in [0.05, 0.1) is 19.3 Å². The van der Waals surface area contributed by atoms with Crippen molar-refractivity contribution in [1.29, 1.82) is 0 Å². The van der Waals surface area contributed by atoms with E-state index >= 15 is 0 Å². The van der Waals surface area contributed by atoms with Gasteiger partial charge in [0.1, 0.15) is 5.75 Å². The Bertz CT molecular complexity index is 417. The molecule has 1 atom stereocenters. The number of ether oxygens (including phenoxy) is 1. The lowest BCUT2D eigenvalue weighted by Gasteiger charge is -2.24. The molecule has 1 aromatic rings. The van der Waals surface area contributed by atoms with Crippen molar-refractivity contribution in [1.82, 2.24) is 10.6 Å². The smallest absolute Gasteiger partial charge is 0.239 e. The van der Waals surface area contributed by atoms with E-state index in [0.29, 0.717) is 0 Å². The normalized spacial score (nSPS) is 18.7. The van der Waals surface area contributed by atoms with E-state index in [1.165, 1.54) is 0 Å². The molecule has 2 rings (SSSR count). The summed E-state index contributed by atoms with van der Waals surface area (Å²) in [4.78, 5) is 11.8. The molecule has 1 amide bonds. The summed E-state index contributed by atoms with van der Waals surface area (Å²) in [5.41, 5.74) is 0.835. The van der Waals surface area contributed by atoms with Crippen LogP contribution in [0.2, 0.25) is 0 Å². The largest absolute Gasteiger partial charge is 0.495 e. The van der Waals surface area contributed by atoms with Gasteiger partial charge >= 0.3 is 0 Å². The van der Waals surface area contributed by atoms with E-state index in [1.807, 2.05) is 24.3 Å². The van der Waals surface area contributed by atoms with Gasteiger partial charge in [-0.25, -0.2) is 0 Å². The number of methoxy groups -OCH3 is 1. The van der Waals surface area contributed by atoms with E-state index in [0.717, 1.165) is 37.4 Å². The molecule has 1 aliphatic rings. The maximum Gasteiger partial charge on any atom is 0.239 e. The third kappa shape index (κ3) is 4.13. The molecule has 0 bridgehead atoms. The molecule has 1 saturated heterocycles. The van der Waals surface area contributed by atoms with Gasteiger partial charge in [-0.15, -0.1) is 0 Å². The van der Waals surface area contributed by atoms with Gasteiger partial charge in [0, 0.05) is 12.6 Å². The maximum atomic E-state index is 11.8. The first-order valence-electron chi connectivity index (χ1n) is 6.66. The number of hydrogen-bond acceptors (Lipinski definition) is 4. The lowest BCUT2D eigenvalue weighted by atomic mass is 10.1. The summed E-state index contributed by atoms with van der Waals surface area (Å²) in [5.74, 6) is 0.759. The third-order valence-corrected chi connectivity index (χ3v) is 3.21. The average Bonchev–Trinajstić information content (AvgIpc) is 2.46. The van der Waals surface area contributed by atoms with Crippen LogP contribution < -0.4 is 20.7 Å². The molecule has 5 nitrogen and oxygen atoms in total. The van der Waals surface area contributed by atoms with Gasteiger partial charge in [0.25, 0.3) is 0 Å². The summed E-state index contributed by atoms with van der Waals surface area (Å²) in [7, 11) is 1.62. The molecule has 0 aromatic heterocycles. The highest BCUT2D eigenvalue weighted by atomic mass is 16.5. The van der Waals surface area contributed by atoms with E-state index in [4.69, 9.17) is 4.74 Å². The van der Waals surface area contributed by atoms with Crippen molar-refractivity contribution in [2.45, 2.75) is 18.9 Å². The molecule has 0 spiro atoms. The second kappa shape index (κ2) is 6.99. The predicted octanol–water partition coefficient (Wildman–Crippen LogP) is 0.975. The summed E-state index contributed by atoms with van der Waals surface area (Å²) in [6.07, 6.45) is 2.16. The van der Waals surface area contributed by atoms with Crippen LogP contribution in [0.4, 0.5) is 5.69 Å². The van der Waals surface area contributed by atoms with Crippen LogP contribution in [0.1, 0.15) is 12.8 Å². The topological polar surface area (TPSA) is 62.4 Å². The van der Waals surface area contributed by atoms with Crippen LogP contribution in [0, 0.1) is 0 Å².